The van der Waals surface area contributed by atoms with Gasteiger partial charge in [0.25, 0.3) is 0 Å². The summed E-state index contributed by atoms with van der Waals surface area (Å²) in [6, 6.07) is -0.843. The van der Waals surface area contributed by atoms with E-state index in [9.17, 15) is 19.0 Å². The number of nitrogens with one attached hydrogen (secondary N) is 1. The monoisotopic (exact) mass is 1020 g/mol. The Kier molecular flexibility index (Phi) is 50.8. The number of likely N-dealkylation sites (N-methyl/N-ethyl adjacent to an activating group) is 1. The molecule has 0 aliphatic heterocycles. The first kappa shape index (κ1) is 69.5. The number of hydrogen-bond donors (Lipinski definition) is 2. The zero-order valence-corrected chi connectivity index (χ0v) is 48.9. The molecule has 0 aromatic rings. The molecule has 0 bridgehead atoms. The highest BCUT2D eigenvalue weighted by atomic mass is 31.2. The minimum atomic E-state index is -4.44. The molecule has 0 radical (unpaired) electrons. The van der Waals surface area contributed by atoms with E-state index in [2.05, 4.69) is 38.2 Å². The van der Waals surface area contributed by atoms with E-state index in [0.717, 1.165) is 57.8 Å². The van der Waals surface area contributed by atoms with Crippen LogP contribution in [0, 0.1) is 0 Å². The maximum atomic E-state index is 13.5. The van der Waals surface area contributed by atoms with Gasteiger partial charge in [0, 0.05) is 12.8 Å². The van der Waals surface area contributed by atoms with Crippen LogP contribution in [0.2, 0.25) is 0 Å². The molecular formula is C61H120N2O7P+. The largest absolute Gasteiger partial charge is 0.472 e. The summed E-state index contributed by atoms with van der Waals surface area (Å²) < 4.78 is 30.7. The lowest BCUT2D eigenvalue weighted by Crippen LogP contribution is -2.47. The molecule has 10 heteroatoms. The van der Waals surface area contributed by atoms with Crippen LogP contribution >= 0.6 is 7.82 Å². The van der Waals surface area contributed by atoms with Crippen molar-refractivity contribution in [2.45, 2.75) is 315 Å². The number of hydrogen-bond acceptors (Lipinski definition) is 6. The van der Waals surface area contributed by atoms with Gasteiger partial charge in [0.15, 0.2) is 0 Å². The van der Waals surface area contributed by atoms with E-state index in [1.54, 1.807) is 0 Å². The van der Waals surface area contributed by atoms with Crippen molar-refractivity contribution in [3.63, 3.8) is 0 Å². The highest BCUT2D eigenvalue weighted by Crippen LogP contribution is 2.43. The predicted octanol–water partition coefficient (Wildman–Crippen LogP) is 18.6. The van der Waals surface area contributed by atoms with Crippen LogP contribution < -0.4 is 5.32 Å². The lowest BCUT2D eigenvalue weighted by molar-refractivity contribution is -0.870. The average molecular weight is 1020 g/mol. The van der Waals surface area contributed by atoms with Gasteiger partial charge in [-0.2, -0.15) is 0 Å². The van der Waals surface area contributed by atoms with Gasteiger partial charge in [-0.3, -0.25) is 18.6 Å². The van der Waals surface area contributed by atoms with Gasteiger partial charge in [-0.1, -0.05) is 257 Å². The molecule has 0 aliphatic rings. The van der Waals surface area contributed by atoms with Crippen molar-refractivity contribution in [3.05, 3.63) is 24.3 Å². The van der Waals surface area contributed by atoms with Crippen molar-refractivity contribution in [1.82, 2.24) is 5.32 Å². The van der Waals surface area contributed by atoms with Crippen molar-refractivity contribution >= 4 is 19.7 Å². The zero-order valence-electron chi connectivity index (χ0n) is 48.0. The minimum absolute atomic E-state index is 0.0431. The number of rotatable bonds is 56. The third kappa shape index (κ3) is 53.1. The molecule has 0 heterocycles. The Morgan fingerprint density at radius 2 is 0.817 bits per heavy atom. The highest BCUT2D eigenvalue weighted by molar-refractivity contribution is 7.47. The summed E-state index contributed by atoms with van der Waals surface area (Å²) in [6.45, 7) is 7.04. The molecule has 420 valence electrons. The lowest BCUT2D eigenvalue weighted by Gasteiger charge is -2.27. The van der Waals surface area contributed by atoms with Gasteiger partial charge in [-0.25, -0.2) is 4.57 Å². The maximum Gasteiger partial charge on any atom is 0.472 e. The molecule has 0 spiro atoms. The predicted molar refractivity (Wildman–Crippen MR) is 305 cm³/mol. The van der Waals surface area contributed by atoms with Crippen LogP contribution in [0.25, 0.3) is 0 Å². The summed E-state index contributed by atoms with van der Waals surface area (Å²) >= 11 is 0. The number of quaternary nitrogens is 1. The molecule has 0 aromatic carbocycles. The molecule has 0 saturated carbocycles. The first-order chi connectivity index (χ1) is 34.4. The van der Waals surface area contributed by atoms with Gasteiger partial charge < -0.3 is 19.4 Å². The summed E-state index contributed by atoms with van der Waals surface area (Å²) in [5.41, 5.74) is 0. The number of carbonyl (C=O) groups is 2. The van der Waals surface area contributed by atoms with Gasteiger partial charge in [0.05, 0.1) is 33.8 Å². The number of ether oxygens (including phenoxy) is 1. The number of carbonyl (C=O) groups excluding carboxylic acids is 2. The number of amides is 1. The Bertz CT molecular complexity index is 1270. The fraction of sp³-hybridized carbons (Fsp3) is 0.902. The topological polar surface area (TPSA) is 111 Å². The average Bonchev–Trinajstić information content (AvgIpc) is 3.33. The van der Waals surface area contributed by atoms with Gasteiger partial charge in [0.1, 0.15) is 19.3 Å². The SMILES string of the molecule is CCCCCCCC/C=C/CCCCCCCCCC(=O)OC(/C=C/CCCCCCCCCCCCC)C(COP(=O)(O)OCC[N+](C)(C)C)NC(=O)CCCCCCCCCCCCCCCCC. The Morgan fingerprint density at radius 1 is 0.479 bits per heavy atom. The molecule has 0 fully saturated rings. The second-order valence-electron chi connectivity index (χ2n) is 22.2. The normalized spacial score (nSPS) is 13.8. The van der Waals surface area contributed by atoms with Crippen LogP contribution in [0.15, 0.2) is 24.3 Å². The Hall–Kier alpha value is -1.51. The highest BCUT2D eigenvalue weighted by Gasteiger charge is 2.30. The van der Waals surface area contributed by atoms with Crippen LogP contribution in [0.4, 0.5) is 0 Å². The van der Waals surface area contributed by atoms with E-state index in [4.69, 9.17) is 13.8 Å². The van der Waals surface area contributed by atoms with E-state index >= 15 is 0 Å². The molecule has 0 saturated heterocycles. The number of allylic oxidation sites excluding steroid dienone is 3. The third-order valence-electron chi connectivity index (χ3n) is 13.9. The Balaban J connectivity index is 5.29. The number of phosphoric ester groups is 1. The molecular weight excluding hydrogens is 904 g/mol. The third-order valence-corrected chi connectivity index (χ3v) is 14.9. The maximum absolute atomic E-state index is 13.5. The molecule has 0 aromatic heterocycles. The van der Waals surface area contributed by atoms with Gasteiger partial charge >= 0.3 is 13.8 Å². The van der Waals surface area contributed by atoms with E-state index in [-0.39, 0.29) is 25.1 Å². The van der Waals surface area contributed by atoms with Crippen molar-refractivity contribution in [3.8, 4) is 0 Å². The van der Waals surface area contributed by atoms with E-state index < -0.39 is 20.0 Å². The Labute approximate surface area is 441 Å². The molecule has 1 amide bonds. The molecule has 71 heavy (non-hydrogen) atoms. The van der Waals surface area contributed by atoms with E-state index in [1.165, 1.54) is 212 Å². The van der Waals surface area contributed by atoms with Crippen molar-refractivity contribution in [1.29, 1.82) is 0 Å². The van der Waals surface area contributed by atoms with Crippen molar-refractivity contribution in [2.24, 2.45) is 0 Å². The van der Waals surface area contributed by atoms with E-state index in [0.29, 0.717) is 23.9 Å². The fourth-order valence-corrected chi connectivity index (χ4v) is 9.85. The van der Waals surface area contributed by atoms with Crippen molar-refractivity contribution in [2.75, 3.05) is 40.9 Å². The van der Waals surface area contributed by atoms with Crippen LogP contribution in [0.5, 0.6) is 0 Å². The first-order valence-electron chi connectivity index (χ1n) is 30.7. The molecule has 0 rings (SSSR count). The number of unbranched alkanes of at least 4 members (excludes halogenated alkanes) is 38. The van der Waals surface area contributed by atoms with Crippen LogP contribution in [0.1, 0.15) is 303 Å². The summed E-state index contributed by atoms with van der Waals surface area (Å²) in [5, 5.41) is 3.06. The van der Waals surface area contributed by atoms with Crippen LogP contribution in [0.3, 0.4) is 0 Å². The second-order valence-corrected chi connectivity index (χ2v) is 23.7. The smallest absolute Gasteiger partial charge is 0.456 e. The quantitative estimate of drug-likeness (QED) is 0.0205. The fourth-order valence-electron chi connectivity index (χ4n) is 9.11. The molecule has 0 aliphatic carbocycles. The summed E-state index contributed by atoms with van der Waals surface area (Å²) in [5.74, 6) is -0.494. The number of nitrogens with zero attached hydrogens (tertiary/aromatic N) is 1. The molecule has 3 unspecified atom stereocenters. The van der Waals surface area contributed by atoms with Gasteiger partial charge in [0.2, 0.25) is 5.91 Å². The minimum Gasteiger partial charge on any atom is -0.456 e. The second kappa shape index (κ2) is 52.0. The van der Waals surface area contributed by atoms with E-state index in [1.807, 2.05) is 33.3 Å². The molecule has 2 N–H and O–H groups in total. The van der Waals surface area contributed by atoms with Crippen LogP contribution in [-0.4, -0.2) is 74.3 Å². The zero-order chi connectivity index (χ0) is 52.2. The number of esters is 1. The Morgan fingerprint density at radius 3 is 1.20 bits per heavy atom. The summed E-state index contributed by atoms with van der Waals surface area (Å²) in [4.78, 5) is 37.7. The first-order valence-corrected chi connectivity index (χ1v) is 32.2. The standard InChI is InChI=1S/C61H119N2O7P/c1-7-10-13-16-19-22-25-28-30-31-33-36-39-42-45-48-51-54-61(65)70-59(52-49-46-43-40-37-34-27-24-21-18-15-12-9-3)58(57-69-71(66,67)68-56-55-63(4,5)6)62-60(64)53-50-47-44-41-38-35-32-29-26-23-20-17-14-11-8-2/h28,30,49,52,58-59H,7-27,29,31-48,50-51,53-57H2,1-6H3,(H-,62,64,66,67)/p+1/b30-28+,52-49+. The van der Waals surface area contributed by atoms with Gasteiger partial charge in [-0.05, 0) is 57.4 Å². The molecule has 3 atom stereocenters. The number of phosphoric acid groups is 1. The van der Waals surface area contributed by atoms with Gasteiger partial charge in [-0.15, -0.1) is 0 Å². The molecule has 9 nitrogen and oxygen atoms in total. The van der Waals surface area contributed by atoms with Crippen molar-refractivity contribution < 1.29 is 37.3 Å². The summed E-state index contributed by atoms with van der Waals surface area (Å²) in [7, 11) is 1.51. The van der Waals surface area contributed by atoms with Crippen LogP contribution in [-0.2, 0) is 27.9 Å². The lowest BCUT2D eigenvalue weighted by atomic mass is 10.0. The summed E-state index contributed by atoms with van der Waals surface area (Å²) in [6.07, 6.45) is 60.2.